The quantitative estimate of drug-likeness (QED) is 0.678. The summed E-state index contributed by atoms with van der Waals surface area (Å²) in [6, 6.07) is 14.0. The van der Waals surface area contributed by atoms with Crippen molar-refractivity contribution in [3.05, 3.63) is 59.2 Å². The van der Waals surface area contributed by atoms with E-state index in [1.54, 1.807) is 0 Å². The minimum Gasteiger partial charge on any atom is -0.325 e. The molecule has 1 aromatic heterocycles. The number of aryl methyl sites for hydroxylation is 3. The number of aromatic amines is 1. The average molecular weight is 352 g/mol. The van der Waals surface area contributed by atoms with E-state index in [2.05, 4.69) is 26.6 Å². The molecule has 1 amide bonds. The first-order valence-electron chi connectivity index (χ1n) is 8.00. The van der Waals surface area contributed by atoms with Gasteiger partial charge in [0.05, 0.1) is 5.75 Å². The van der Waals surface area contributed by atoms with Crippen LogP contribution in [0.3, 0.4) is 0 Å². The third kappa shape index (κ3) is 4.48. The zero-order chi connectivity index (χ0) is 17.8. The van der Waals surface area contributed by atoms with E-state index in [1.807, 2.05) is 57.2 Å². The zero-order valence-corrected chi connectivity index (χ0v) is 15.3. The van der Waals surface area contributed by atoms with Crippen molar-refractivity contribution < 1.29 is 4.79 Å². The maximum atomic E-state index is 12.1. The molecule has 0 atom stereocenters. The number of hydrogen-bond acceptors (Lipinski definition) is 4. The number of nitrogens with zero attached hydrogens (tertiary/aromatic N) is 2. The number of carbonyl (C=O) groups excluding carboxylic acids is 1. The fraction of sp³-hybridized carbons (Fsp3) is 0.211. The van der Waals surface area contributed by atoms with Crippen LogP contribution in [0.1, 0.15) is 16.7 Å². The standard InChI is InChI=1S/C19H20N4OS/c1-12-8-13(2)10-15(9-12)20-17(24)11-25-19-21-18(22-23-19)16-7-5-4-6-14(16)3/h4-10H,11H2,1-3H3,(H,20,24)(H,21,22,23). The van der Waals surface area contributed by atoms with Crippen LogP contribution in [0.15, 0.2) is 47.6 Å². The summed E-state index contributed by atoms with van der Waals surface area (Å²) in [6.07, 6.45) is 0. The predicted molar refractivity (Wildman–Crippen MR) is 102 cm³/mol. The van der Waals surface area contributed by atoms with Crippen molar-refractivity contribution in [1.29, 1.82) is 0 Å². The molecule has 0 unspecified atom stereocenters. The number of H-pyrrole nitrogens is 1. The molecule has 2 aromatic carbocycles. The highest BCUT2D eigenvalue weighted by Gasteiger charge is 2.10. The van der Waals surface area contributed by atoms with Gasteiger partial charge in [0.2, 0.25) is 11.1 Å². The number of carbonyl (C=O) groups is 1. The van der Waals surface area contributed by atoms with Gasteiger partial charge in [-0.25, -0.2) is 4.98 Å². The molecular weight excluding hydrogens is 332 g/mol. The molecule has 0 saturated carbocycles. The second-order valence-electron chi connectivity index (χ2n) is 5.99. The highest BCUT2D eigenvalue weighted by Crippen LogP contribution is 2.22. The third-order valence-corrected chi connectivity index (χ3v) is 4.55. The Morgan fingerprint density at radius 2 is 1.84 bits per heavy atom. The highest BCUT2D eigenvalue weighted by atomic mass is 32.2. The fourth-order valence-corrected chi connectivity index (χ4v) is 3.24. The molecule has 0 radical (unpaired) electrons. The Hall–Kier alpha value is -2.60. The molecule has 0 aliphatic rings. The molecule has 0 spiro atoms. The Morgan fingerprint density at radius 3 is 2.56 bits per heavy atom. The maximum absolute atomic E-state index is 12.1. The summed E-state index contributed by atoms with van der Waals surface area (Å²) in [5.74, 6) is 0.908. The van der Waals surface area contributed by atoms with Gasteiger partial charge in [-0.2, -0.15) is 0 Å². The van der Waals surface area contributed by atoms with Crippen LogP contribution in [0.25, 0.3) is 11.4 Å². The molecular formula is C19H20N4OS. The lowest BCUT2D eigenvalue weighted by atomic mass is 10.1. The number of anilines is 1. The Labute approximate surface area is 151 Å². The smallest absolute Gasteiger partial charge is 0.234 e. The van der Waals surface area contributed by atoms with Crippen LogP contribution >= 0.6 is 11.8 Å². The first-order chi connectivity index (χ1) is 12.0. The number of rotatable bonds is 5. The van der Waals surface area contributed by atoms with E-state index in [9.17, 15) is 4.79 Å². The highest BCUT2D eigenvalue weighted by molar-refractivity contribution is 7.99. The Bertz CT molecular complexity index is 884. The van der Waals surface area contributed by atoms with E-state index < -0.39 is 0 Å². The van der Waals surface area contributed by atoms with Crippen molar-refractivity contribution in [2.45, 2.75) is 25.9 Å². The molecule has 0 fully saturated rings. The van der Waals surface area contributed by atoms with Gasteiger partial charge in [-0.15, -0.1) is 5.10 Å². The Morgan fingerprint density at radius 1 is 1.12 bits per heavy atom. The average Bonchev–Trinajstić information content (AvgIpc) is 3.01. The molecule has 0 aliphatic heterocycles. The second-order valence-corrected chi connectivity index (χ2v) is 6.94. The first-order valence-corrected chi connectivity index (χ1v) is 8.99. The monoisotopic (exact) mass is 352 g/mol. The van der Waals surface area contributed by atoms with E-state index in [1.165, 1.54) is 11.8 Å². The maximum Gasteiger partial charge on any atom is 0.234 e. The van der Waals surface area contributed by atoms with Crippen molar-refractivity contribution in [1.82, 2.24) is 15.2 Å². The zero-order valence-electron chi connectivity index (χ0n) is 14.5. The molecule has 2 N–H and O–H groups in total. The molecule has 3 aromatic rings. The van der Waals surface area contributed by atoms with Gasteiger partial charge in [-0.3, -0.25) is 9.89 Å². The number of benzene rings is 2. The number of nitrogens with one attached hydrogen (secondary N) is 2. The normalized spacial score (nSPS) is 10.7. The summed E-state index contributed by atoms with van der Waals surface area (Å²) in [4.78, 5) is 16.6. The topological polar surface area (TPSA) is 70.7 Å². The van der Waals surface area contributed by atoms with Crippen LogP contribution in [0.5, 0.6) is 0 Å². The van der Waals surface area contributed by atoms with Gasteiger partial charge in [0.15, 0.2) is 5.82 Å². The van der Waals surface area contributed by atoms with E-state index >= 15 is 0 Å². The minimum atomic E-state index is -0.0720. The molecule has 25 heavy (non-hydrogen) atoms. The van der Waals surface area contributed by atoms with Gasteiger partial charge in [0.1, 0.15) is 0 Å². The lowest BCUT2D eigenvalue weighted by molar-refractivity contribution is -0.113. The summed E-state index contributed by atoms with van der Waals surface area (Å²) in [5.41, 5.74) is 5.21. The summed E-state index contributed by atoms with van der Waals surface area (Å²) in [5, 5.41) is 10.6. The van der Waals surface area contributed by atoms with Gasteiger partial charge in [0, 0.05) is 11.3 Å². The number of aromatic nitrogens is 3. The van der Waals surface area contributed by atoms with Gasteiger partial charge < -0.3 is 5.32 Å². The summed E-state index contributed by atoms with van der Waals surface area (Å²) < 4.78 is 0. The van der Waals surface area contributed by atoms with E-state index in [4.69, 9.17) is 0 Å². The van der Waals surface area contributed by atoms with Crippen molar-refractivity contribution in [3.8, 4) is 11.4 Å². The van der Waals surface area contributed by atoms with E-state index in [-0.39, 0.29) is 11.7 Å². The largest absolute Gasteiger partial charge is 0.325 e. The number of thioether (sulfide) groups is 1. The Balaban J connectivity index is 1.60. The van der Waals surface area contributed by atoms with Gasteiger partial charge >= 0.3 is 0 Å². The number of amides is 1. The van der Waals surface area contributed by atoms with Crippen LogP contribution in [0.2, 0.25) is 0 Å². The van der Waals surface area contributed by atoms with Crippen molar-refractivity contribution in [3.63, 3.8) is 0 Å². The molecule has 5 nitrogen and oxygen atoms in total. The molecule has 0 bridgehead atoms. The second kappa shape index (κ2) is 7.53. The van der Waals surface area contributed by atoms with Crippen LogP contribution in [0, 0.1) is 20.8 Å². The van der Waals surface area contributed by atoms with Crippen LogP contribution in [0.4, 0.5) is 5.69 Å². The third-order valence-electron chi connectivity index (χ3n) is 3.70. The fourth-order valence-electron chi connectivity index (χ4n) is 2.64. The molecule has 3 rings (SSSR count). The minimum absolute atomic E-state index is 0.0720. The molecule has 0 saturated heterocycles. The van der Waals surface area contributed by atoms with Crippen LogP contribution in [-0.2, 0) is 4.79 Å². The van der Waals surface area contributed by atoms with Gasteiger partial charge in [-0.05, 0) is 49.6 Å². The van der Waals surface area contributed by atoms with Gasteiger partial charge in [-0.1, -0.05) is 42.1 Å². The predicted octanol–water partition coefficient (Wildman–Crippen LogP) is 4.13. The molecule has 128 valence electrons. The summed E-state index contributed by atoms with van der Waals surface area (Å²) in [6.45, 7) is 6.05. The number of hydrogen-bond donors (Lipinski definition) is 2. The van der Waals surface area contributed by atoms with E-state index in [0.717, 1.165) is 33.8 Å². The first kappa shape index (κ1) is 17.2. The Kier molecular flexibility index (Phi) is 5.19. The SMILES string of the molecule is Cc1cc(C)cc(NC(=O)CSc2n[nH]c(-c3ccccc3C)n2)c1. The van der Waals surface area contributed by atoms with Crippen LogP contribution in [-0.4, -0.2) is 26.8 Å². The van der Waals surface area contributed by atoms with Crippen LogP contribution < -0.4 is 5.32 Å². The van der Waals surface area contributed by atoms with Gasteiger partial charge in [0.25, 0.3) is 0 Å². The molecule has 6 heteroatoms. The summed E-state index contributed by atoms with van der Waals surface area (Å²) in [7, 11) is 0. The lowest BCUT2D eigenvalue weighted by Gasteiger charge is -2.06. The van der Waals surface area contributed by atoms with E-state index in [0.29, 0.717) is 5.16 Å². The summed E-state index contributed by atoms with van der Waals surface area (Å²) >= 11 is 1.31. The molecule has 1 heterocycles. The lowest BCUT2D eigenvalue weighted by Crippen LogP contribution is -2.14. The van der Waals surface area contributed by atoms with Crippen molar-refractivity contribution in [2.75, 3.05) is 11.1 Å². The molecule has 0 aliphatic carbocycles. The van der Waals surface area contributed by atoms with Crippen molar-refractivity contribution in [2.24, 2.45) is 0 Å². The van der Waals surface area contributed by atoms with Crippen molar-refractivity contribution >= 4 is 23.4 Å².